The van der Waals surface area contributed by atoms with E-state index in [1.54, 1.807) is 24.3 Å². The Morgan fingerprint density at radius 3 is 2.48 bits per heavy atom. The Morgan fingerprint density at radius 2 is 1.88 bits per heavy atom. The van der Waals surface area contributed by atoms with E-state index in [0.717, 1.165) is 24.0 Å². The number of halogens is 2. The van der Waals surface area contributed by atoms with Gasteiger partial charge in [-0.3, -0.25) is 0 Å². The minimum atomic E-state index is -0.527. The summed E-state index contributed by atoms with van der Waals surface area (Å²) in [7, 11) is 0. The maximum atomic E-state index is 12.3. The van der Waals surface area contributed by atoms with Crippen molar-refractivity contribution in [1.29, 1.82) is 5.26 Å². The molecular formula is C20H17Cl2NO2. The SMILES string of the molecule is CC(C)C1Cc2cc(OC(=O)c3ccc(C#N)cc3)c(Cl)c(Cl)c2C1. The number of carbonyl (C=O) groups is 1. The van der Waals surface area contributed by atoms with Crippen molar-refractivity contribution < 1.29 is 9.53 Å². The lowest BCUT2D eigenvalue weighted by molar-refractivity contribution is 0.0735. The minimum absolute atomic E-state index is 0.270. The Bertz CT molecular complexity index is 867. The number of nitrogens with zero attached hydrogens (tertiary/aromatic N) is 1. The number of nitriles is 1. The molecule has 0 fully saturated rings. The summed E-state index contributed by atoms with van der Waals surface area (Å²) in [5.74, 6) is 0.824. The van der Waals surface area contributed by atoms with E-state index in [4.69, 9.17) is 33.2 Å². The minimum Gasteiger partial charge on any atom is -0.421 e. The van der Waals surface area contributed by atoms with Crippen LogP contribution in [-0.2, 0) is 12.8 Å². The molecule has 3 nitrogen and oxygen atoms in total. The molecule has 2 aromatic carbocycles. The van der Waals surface area contributed by atoms with E-state index in [-0.39, 0.29) is 10.8 Å². The third-order valence-electron chi connectivity index (χ3n) is 4.71. The number of hydrogen-bond acceptors (Lipinski definition) is 3. The Balaban J connectivity index is 1.86. The normalized spacial score (nSPS) is 15.8. The second-order valence-electron chi connectivity index (χ2n) is 6.63. The molecule has 2 aromatic rings. The quantitative estimate of drug-likeness (QED) is 0.530. The lowest BCUT2D eigenvalue weighted by atomic mass is 9.93. The highest BCUT2D eigenvalue weighted by Gasteiger charge is 2.29. The first-order valence-electron chi connectivity index (χ1n) is 8.12. The molecule has 1 aliphatic rings. The van der Waals surface area contributed by atoms with Gasteiger partial charge in [-0.1, -0.05) is 37.0 Å². The van der Waals surface area contributed by atoms with Gasteiger partial charge in [0.05, 0.1) is 22.2 Å². The number of rotatable bonds is 3. The van der Waals surface area contributed by atoms with Crippen LogP contribution in [0.3, 0.4) is 0 Å². The highest BCUT2D eigenvalue weighted by molar-refractivity contribution is 6.43. The fraction of sp³-hybridized carbons (Fsp3) is 0.300. The molecule has 0 spiro atoms. The topological polar surface area (TPSA) is 50.1 Å². The molecule has 0 radical (unpaired) electrons. The van der Waals surface area contributed by atoms with Gasteiger partial charge in [0.1, 0.15) is 5.02 Å². The molecule has 1 atom stereocenters. The van der Waals surface area contributed by atoms with Gasteiger partial charge in [-0.25, -0.2) is 4.79 Å². The highest BCUT2D eigenvalue weighted by atomic mass is 35.5. The maximum absolute atomic E-state index is 12.3. The Labute approximate surface area is 157 Å². The average Bonchev–Trinajstić information content (AvgIpc) is 3.04. The van der Waals surface area contributed by atoms with E-state index < -0.39 is 5.97 Å². The Morgan fingerprint density at radius 1 is 1.20 bits per heavy atom. The lowest BCUT2D eigenvalue weighted by Crippen LogP contribution is -2.09. The summed E-state index contributed by atoms with van der Waals surface area (Å²) in [6.45, 7) is 4.38. The number of ether oxygens (including phenoxy) is 1. The number of benzene rings is 2. The van der Waals surface area contributed by atoms with Crippen molar-refractivity contribution in [3.63, 3.8) is 0 Å². The van der Waals surface area contributed by atoms with Gasteiger partial charge in [-0.15, -0.1) is 0 Å². The maximum Gasteiger partial charge on any atom is 0.343 e. The summed E-state index contributed by atoms with van der Waals surface area (Å²) in [6, 6.07) is 10.1. The van der Waals surface area contributed by atoms with Gasteiger partial charge < -0.3 is 4.74 Å². The zero-order chi connectivity index (χ0) is 18.1. The molecule has 0 bridgehead atoms. The fourth-order valence-corrected chi connectivity index (χ4v) is 3.59. The van der Waals surface area contributed by atoms with Crippen molar-refractivity contribution in [2.45, 2.75) is 26.7 Å². The molecule has 0 heterocycles. The largest absolute Gasteiger partial charge is 0.421 e. The van der Waals surface area contributed by atoms with Crippen molar-refractivity contribution in [2.24, 2.45) is 11.8 Å². The van der Waals surface area contributed by atoms with Crippen molar-refractivity contribution in [1.82, 2.24) is 0 Å². The van der Waals surface area contributed by atoms with Crippen LogP contribution >= 0.6 is 23.2 Å². The third kappa shape index (κ3) is 3.51. The first-order valence-corrected chi connectivity index (χ1v) is 8.88. The van der Waals surface area contributed by atoms with Crippen molar-refractivity contribution in [2.75, 3.05) is 0 Å². The first-order chi connectivity index (χ1) is 11.9. The molecule has 25 heavy (non-hydrogen) atoms. The summed E-state index contributed by atoms with van der Waals surface area (Å²) in [6.07, 6.45) is 1.81. The summed E-state index contributed by atoms with van der Waals surface area (Å²) in [5, 5.41) is 9.57. The summed E-state index contributed by atoms with van der Waals surface area (Å²) >= 11 is 12.8. The van der Waals surface area contributed by atoms with Crippen LogP contribution in [0, 0.1) is 23.2 Å². The summed E-state index contributed by atoms with van der Waals surface area (Å²) in [5.41, 5.74) is 2.99. The van der Waals surface area contributed by atoms with Gasteiger partial charge >= 0.3 is 5.97 Å². The van der Waals surface area contributed by atoms with E-state index in [2.05, 4.69) is 13.8 Å². The molecule has 0 aromatic heterocycles. The van der Waals surface area contributed by atoms with Gasteiger partial charge in [0.25, 0.3) is 0 Å². The van der Waals surface area contributed by atoms with E-state index in [1.807, 2.05) is 12.1 Å². The standard InChI is InChI=1S/C20H17Cl2NO2/c1-11(2)14-7-15-9-17(19(22)18(21)16(15)8-14)25-20(24)13-5-3-12(10-23)4-6-13/h3-6,9,11,14H,7-8H2,1-2H3. The summed E-state index contributed by atoms with van der Waals surface area (Å²) < 4.78 is 5.47. The molecule has 0 amide bonds. The zero-order valence-electron chi connectivity index (χ0n) is 14.0. The van der Waals surface area contributed by atoms with Crippen LogP contribution < -0.4 is 4.74 Å². The highest BCUT2D eigenvalue weighted by Crippen LogP contribution is 2.43. The molecule has 0 saturated carbocycles. The average molecular weight is 374 g/mol. The van der Waals surface area contributed by atoms with E-state index in [1.165, 1.54) is 0 Å². The van der Waals surface area contributed by atoms with E-state index in [9.17, 15) is 4.79 Å². The number of esters is 1. The molecule has 0 aliphatic heterocycles. The monoisotopic (exact) mass is 373 g/mol. The van der Waals surface area contributed by atoms with Gasteiger partial charge in [-0.05, 0) is 66.1 Å². The molecular weight excluding hydrogens is 357 g/mol. The number of hydrogen-bond donors (Lipinski definition) is 0. The zero-order valence-corrected chi connectivity index (χ0v) is 15.5. The van der Waals surface area contributed by atoms with Crippen LogP contribution in [0.5, 0.6) is 5.75 Å². The predicted molar refractivity (Wildman–Crippen MR) is 98.3 cm³/mol. The molecule has 0 N–H and O–H groups in total. The lowest BCUT2D eigenvalue weighted by Gasteiger charge is -2.12. The van der Waals surface area contributed by atoms with E-state index >= 15 is 0 Å². The van der Waals surface area contributed by atoms with Crippen LogP contribution in [0.1, 0.15) is 40.9 Å². The van der Waals surface area contributed by atoms with Crippen LogP contribution in [0.15, 0.2) is 30.3 Å². The van der Waals surface area contributed by atoms with Crippen LogP contribution in [0.25, 0.3) is 0 Å². The fourth-order valence-electron chi connectivity index (χ4n) is 3.10. The molecule has 3 rings (SSSR count). The van der Waals surface area contributed by atoms with Crippen LogP contribution in [0.2, 0.25) is 10.0 Å². The smallest absolute Gasteiger partial charge is 0.343 e. The second-order valence-corrected chi connectivity index (χ2v) is 7.39. The number of carbonyl (C=O) groups excluding carboxylic acids is 1. The molecule has 1 aliphatic carbocycles. The van der Waals surface area contributed by atoms with Crippen LogP contribution in [-0.4, -0.2) is 5.97 Å². The van der Waals surface area contributed by atoms with Crippen LogP contribution in [0.4, 0.5) is 0 Å². The van der Waals surface area contributed by atoms with Crippen molar-refractivity contribution in [3.8, 4) is 11.8 Å². The molecule has 0 saturated heterocycles. The van der Waals surface area contributed by atoms with Gasteiger partial charge in [0.15, 0.2) is 5.75 Å². The first kappa shape index (κ1) is 17.8. The van der Waals surface area contributed by atoms with E-state index in [0.29, 0.717) is 28.0 Å². The summed E-state index contributed by atoms with van der Waals surface area (Å²) in [4.78, 5) is 12.3. The molecule has 5 heteroatoms. The van der Waals surface area contributed by atoms with Gasteiger partial charge in [0, 0.05) is 0 Å². The predicted octanol–water partition coefficient (Wildman–Crippen LogP) is 5.46. The third-order valence-corrected chi connectivity index (χ3v) is 5.60. The Hall–Kier alpha value is -2.02. The number of fused-ring (bicyclic) bond motifs is 1. The van der Waals surface area contributed by atoms with Gasteiger partial charge in [-0.2, -0.15) is 5.26 Å². The molecule has 1 unspecified atom stereocenters. The molecule has 128 valence electrons. The second kappa shape index (κ2) is 7.07. The Kier molecular flexibility index (Phi) is 5.03. The van der Waals surface area contributed by atoms with Gasteiger partial charge in [0.2, 0.25) is 0 Å². The van der Waals surface area contributed by atoms with Crippen molar-refractivity contribution in [3.05, 3.63) is 62.6 Å². The van der Waals surface area contributed by atoms with Crippen molar-refractivity contribution >= 4 is 29.2 Å².